The fraction of sp³-hybridized carbons (Fsp3) is 0.368. The third-order valence-electron chi connectivity index (χ3n) is 4.02. The summed E-state index contributed by atoms with van der Waals surface area (Å²) in [6.45, 7) is 4.90. The topological polar surface area (TPSA) is 56.8 Å². The molecule has 6 heteroatoms. The van der Waals surface area contributed by atoms with E-state index in [-0.39, 0.29) is 6.10 Å². The van der Waals surface area contributed by atoms with Crippen LogP contribution in [0.4, 0.5) is 5.69 Å². The number of nitrogens with one attached hydrogen (secondary N) is 1. The second-order valence-corrected chi connectivity index (χ2v) is 8.06. The van der Waals surface area contributed by atoms with Gasteiger partial charge in [-0.05, 0) is 50.1 Å². The van der Waals surface area contributed by atoms with E-state index in [1.165, 1.54) is 0 Å². The van der Waals surface area contributed by atoms with Gasteiger partial charge in [-0.3, -0.25) is 4.57 Å². The summed E-state index contributed by atoms with van der Waals surface area (Å²) in [6.07, 6.45) is 0.646. The van der Waals surface area contributed by atoms with Crippen molar-refractivity contribution in [1.29, 1.82) is 0 Å². The van der Waals surface area contributed by atoms with Gasteiger partial charge in [0.2, 0.25) is 0 Å². The number of ether oxygens (including phenoxy) is 1. The van der Waals surface area contributed by atoms with Crippen LogP contribution in [0.25, 0.3) is 0 Å². The summed E-state index contributed by atoms with van der Waals surface area (Å²) in [4.78, 5) is 0. The first-order valence-corrected chi connectivity index (χ1v) is 10.2. The molecule has 0 aliphatic carbocycles. The van der Waals surface area contributed by atoms with Gasteiger partial charge >= 0.3 is 7.60 Å². The Labute approximate surface area is 148 Å². The molecule has 0 bridgehead atoms. The maximum atomic E-state index is 13.4. The number of anilines is 1. The van der Waals surface area contributed by atoms with E-state index in [0.717, 1.165) is 23.4 Å². The van der Waals surface area contributed by atoms with Crippen molar-refractivity contribution in [2.75, 3.05) is 18.5 Å². The average Bonchev–Trinajstić information content (AvgIpc) is 2.61. The average molecular weight is 361 g/mol. The first-order chi connectivity index (χ1) is 12.1. The lowest BCUT2D eigenvalue weighted by atomic mass is 10.2. The smallest absolute Gasteiger partial charge is 0.357 e. The van der Waals surface area contributed by atoms with E-state index in [1.54, 1.807) is 0 Å². The van der Waals surface area contributed by atoms with E-state index >= 15 is 0 Å². The molecule has 3 atom stereocenters. The normalized spacial score (nSPS) is 24.5. The van der Waals surface area contributed by atoms with Gasteiger partial charge in [0.05, 0.1) is 19.3 Å². The van der Waals surface area contributed by atoms with Crippen LogP contribution in [0.3, 0.4) is 0 Å². The van der Waals surface area contributed by atoms with Gasteiger partial charge in [-0.2, -0.15) is 0 Å². The van der Waals surface area contributed by atoms with Gasteiger partial charge < -0.3 is 19.1 Å². The van der Waals surface area contributed by atoms with Crippen LogP contribution in [0.1, 0.15) is 31.6 Å². The Balaban J connectivity index is 1.92. The molecule has 1 saturated heterocycles. The molecule has 1 N–H and O–H groups in total. The molecular formula is C19H24NO4P. The molecule has 1 aliphatic rings. The Bertz CT molecular complexity index is 720. The molecule has 3 rings (SSSR count). The van der Waals surface area contributed by atoms with Crippen LogP contribution < -0.4 is 10.1 Å². The SMILES string of the molecule is CCOc1ccc([C@@H](Nc2ccccc2)[P@]2(=O)OCC[C@@H](C)O2)cc1. The third kappa shape index (κ3) is 4.43. The van der Waals surface area contributed by atoms with E-state index in [9.17, 15) is 4.57 Å². The minimum atomic E-state index is -3.35. The molecule has 0 radical (unpaired) electrons. The second kappa shape index (κ2) is 8.05. The van der Waals surface area contributed by atoms with Crippen molar-refractivity contribution in [2.24, 2.45) is 0 Å². The fourth-order valence-electron chi connectivity index (χ4n) is 2.77. The highest BCUT2D eigenvalue weighted by molar-refractivity contribution is 7.54. The van der Waals surface area contributed by atoms with Gasteiger partial charge in [0, 0.05) is 5.69 Å². The molecular weight excluding hydrogens is 337 g/mol. The predicted molar refractivity (Wildman–Crippen MR) is 99.1 cm³/mol. The van der Waals surface area contributed by atoms with Crippen molar-refractivity contribution in [3.63, 3.8) is 0 Å². The van der Waals surface area contributed by atoms with Crippen LogP contribution in [-0.4, -0.2) is 19.3 Å². The van der Waals surface area contributed by atoms with Gasteiger partial charge in [-0.25, -0.2) is 0 Å². The van der Waals surface area contributed by atoms with E-state index in [4.69, 9.17) is 13.8 Å². The lowest BCUT2D eigenvalue weighted by Gasteiger charge is -2.34. The minimum absolute atomic E-state index is 0.0950. The highest BCUT2D eigenvalue weighted by Crippen LogP contribution is 2.63. The zero-order chi connectivity index (χ0) is 17.7. The van der Waals surface area contributed by atoms with Crippen LogP contribution in [0.2, 0.25) is 0 Å². The summed E-state index contributed by atoms with van der Waals surface area (Å²) >= 11 is 0. The first kappa shape index (κ1) is 18.0. The van der Waals surface area contributed by atoms with Gasteiger partial charge in [0.15, 0.2) is 5.78 Å². The lowest BCUT2D eigenvalue weighted by Crippen LogP contribution is -2.23. The van der Waals surface area contributed by atoms with Crippen molar-refractivity contribution in [3.05, 3.63) is 60.2 Å². The highest BCUT2D eigenvalue weighted by Gasteiger charge is 2.41. The molecule has 0 spiro atoms. The molecule has 0 unspecified atom stereocenters. The molecule has 0 saturated carbocycles. The summed E-state index contributed by atoms with van der Waals surface area (Å²) in [6, 6.07) is 17.2. The zero-order valence-electron chi connectivity index (χ0n) is 14.6. The number of rotatable bonds is 6. The fourth-order valence-corrected chi connectivity index (χ4v) is 4.91. The van der Waals surface area contributed by atoms with Crippen LogP contribution in [-0.2, 0) is 13.6 Å². The molecule has 2 aromatic rings. The molecule has 25 heavy (non-hydrogen) atoms. The molecule has 5 nitrogen and oxygen atoms in total. The molecule has 134 valence electrons. The van der Waals surface area contributed by atoms with Gasteiger partial charge in [-0.1, -0.05) is 30.3 Å². The van der Waals surface area contributed by atoms with Crippen molar-refractivity contribution in [2.45, 2.75) is 32.2 Å². The quantitative estimate of drug-likeness (QED) is 0.716. The van der Waals surface area contributed by atoms with Gasteiger partial charge in [0.1, 0.15) is 5.75 Å². The van der Waals surface area contributed by atoms with E-state index < -0.39 is 13.4 Å². The molecule has 0 amide bonds. The number of hydrogen-bond acceptors (Lipinski definition) is 5. The Morgan fingerprint density at radius 1 is 1.20 bits per heavy atom. The number of para-hydroxylation sites is 1. The minimum Gasteiger partial charge on any atom is -0.494 e. The summed E-state index contributed by atoms with van der Waals surface area (Å²) in [5.41, 5.74) is 1.70. The van der Waals surface area contributed by atoms with Crippen molar-refractivity contribution >= 4 is 13.3 Å². The monoisotopic (exact) mass is 361 g/mol. The van der Waals surface area contributed by atoms with Crippen LogP contribution in [0.5, 0.6) is 5.75 Å². The summed E-state index contributed by atoms with van der Waals surface area (Å²) in [5, 5.41) is 3.32. The Morgan fingerprint density at radius 3 is 2.56 bits per heavy atom. The molecule has 1 fully saturated rings. The highest BCUT2D eigenvalue weighted by atomic mass is 31.2. The number of hydrogen-bond donors (Lipinski definition) is 1. The van der Waals surface area contributed by atoms with Gasteiger partial charge in [-0.15, -0.1) is 0 Å². The van der Waals surface area contributed by atoms with E-state index in [1.807, 2.05) is 68.4 Å². The zero-order valence-corrected chi connectivity index (χ0v) is 15.4. The summed E-state index contributed by atoms with van der Waals surface area (Å²) < 4.78 is 30.3. The van der Waals surface area contributed by atoms with E-state index in [2.05, 4.69) is 5.32 Å². The Kier molecular flexibility index (Phi) is 5.79. The number of benzene rings is 2. The maximum absolute atomic E-state index is 13.4. The Morgan fingerprint density at radius 2 is 1.92 bits per heavy atom. The molecule has 1 aliphatic heterocycles. The van der Waals surface area contributed by atoms with Crippen molar-refractivity contribution in [1.82, 2.24) is 0 Å². The van der Waals surface area contributed by atoms with E-state index in [0.29, 0.717) is 13.2 Å². The van der Waals surface area contributed by atoms with Gasteiger partial charge in [0.25, 0.3) is 0 Å². The largest absolute Gasteiger partial charge is 0.494 e. The van der Waals surface area contributed by atoms with Crippen LogP contribution in [0.15, 0.2) is 54.6 Å². The summed E-state index contributed by atoms with van der Waals surface area (Å²) in [5.74, 6) is 0.204. The van der Waals surface area contributed by atoms with Crippen molar-refractivity contribution in [3.8, 4) is 5.75 Å². The van der Waals surface area contributed by atoms with Crippen LogP contribution >= 0.6 is 7.60 Å². The third-order valence-corrected chi connectivity index (χ3v) is 6.28. The molecule has 0 aromatic heterocycles. The predicted octanol–water partition coefficient (Wildman–Crippen LogP) is 5.21. The lowest BCUT2D eigenvalue weighted by molar-refractivity contribution is 0.0887. The maximum Gasteiger partial charge on any atom is 0.357 e. The standard InChI is InChI=1S/C19H24NO4P/c1-3-22-18-11-9-16(10-12-18)19(20-17-7-5-4-6-8-17)25(21)23-14-13-15(2)24-25/h4-12,15,19-20H,3,13-14H2,1-2H3/t15-,19+,25+/m1/s1. The summed E-state index contributed by atoms with van der Waals surface area (Å²) in [7, 11) is -3.35. The first-order valence-electron chi connectivity index (χ1n) is 8.58. The Hall–Kier alpha value is -1.81. The second-order valence-electron chi connectivity index (χ2n) is 5.99. The molecule has 1 heterocycles. The van der Waals surface area contributed by atoms with Crippen molar-refractivity contribution < 1.29 is 18.3 Å². The molecule has 2 aromatic carbocycles. The van der Waals surface area contributed by atoms with Crippen LogP contribution in [0, 0.1) is 0 Å².